The van der Waals surface area contributed by atoms with Gasteiger partial charge in [0.15, 0.2) is 0 Å². The lowest BCUT2D eigenvalue weighted by atomic mass is 10.0. The third-order valence-corrected chi connectivity index (χ3v) is 4.00. The van der Waals surface area contributed by atoms with Gasteiger partial charge in [-0.25, -0.2) is 4.39 Å². The molecule has 1 aromatic carbocycles. The van der Waals surface area contributed by atoms with E-state index in [0.29, 0.717) is 16.4 Å². The Morgan fingerprint density at radius 3 is 2.50 bits per heavy atom. The summed E-state index contributed by atoms with van der Waals surface area (Å²) in [6.07, 6.45) is 0. The van der Waals surface area contributed by atoms with Crippen LogP contribution in [-0.2, 0) is 6.54 Å². The molecule has 3 heteroatoms. The molecule has 0 N–H and O–H groups in total. The van der Waals surface area contributed by atoms with Gasteiger partial charge in [-0.15, -0.1) is 0 Å². The van der Waals surface area contributed by atoms with Crippen LogP contribution in [0, 0.1) is 11.7 Å². The van der Waals surface area contributed by atoms with Crippen LogP contribution in [0.25, 0.3) is 0 Å². The van der Waals surface area contributed by atoms with Gasteiger partial charge in [0.25, 0.3) is 0 Å². The zero-order chi connectivity index (χ0) is 12.3. The van der Waals surface area contributed by atoms with Gasteiger partial charge in [-0.2, -0.15) is 0 Å². The van der Waals surface area contributed by atoms with Gasteiger partial charge in [0.05, 0.1) is 4.47 Å². The van der Waals surface area contributed by atoms with Gasteiger partial charge in [-0.3, -0.25) is 4.90 Å². The fourth-order valence-electron chi connectivity index (χ4n) is 1.59. The number of halogens is 2. The second-order valence-electron chi connectivity index (χ2n) is 4.61. The summed E-state index contributed by atoms with van der Waals surface area (Å²) >= 11 is 3.29. The highest BCUT2D eigenvalue weighted by Gasteiger charge is 2.15. The fourth-order valence-corrected chi connectivity index (χ4v) is 1.98. The van der Waals surface area contributed by atoms with E-state index in [1.165, 1.54) is 6.07 Å². The molecular weight excluding hydrogens is 269 g/mol. The highest BCUT2D eigenvalue weighted by molar-refractivity contribution is 9.10. The molecular formula is C13H19BrFN. The Morgan fingerprint density at radius 1 is 1.31 bits per heavy atom. The highest BCUT2D eigenvalue weighted by atomic mass is 79.9. The molecule has 0 aliphatic carbocycles. The average molecular weight is 288 g/mol. The van der Waals surface area contributed by atoms with Crippen molar-refractivity contribution in [1.29, 1.82) is 0 Å². The summed E-state index contributed by atoms with van der Waals surface area (Å²) in [6, 6.07) is 5.66. The van der Waals surface area contributed by atoms with Gasteiger partial charge in [-0.1, -0.05) is 26.0 Å². The van der Waals surface area contributed by atoms with Gasteiger partial charge in [-0.05, 0) is 47.4 Å². The fraction of sp³-hybridized carbons (Fsp3) is 0.538. The second-order valence-corrected chi connectivity index (χ2v) is 5.41. The molecule has 1 nitrogen and oxygen atoms in total. The van der Waals surface area contributed by atoms with E-state index < -0.39 is 0 Å². The van der Waals surface area contributed by atoms with Crippen molar-refractivity contribution in [3.8, 4) is 0 Å². The second kappa shape index (κ2) is 5.78. The number of benzene rings is 1. The van der Waals surface area contributed by atoms with Crippen LogP contribution in [0.5, 0.6) is 0 Å². The monoisotopic (exact) mass is 287 g/mol. The third kappa shape index (κ3) is 3.29. The van der Waals surface area contributed by atoms with E-state index >= 15 is 0 Å². The standard InChI is InChI=1S/C13H19BrFN/c1-9(2)10(3)16(4)8-11-6-5-7-12(15)13(11)14/h5-7,9-10H,8H2,1-4H3. The van der Waals surface area contributed by atoms with Crippen molar-refractivity contribution in [1.82, 2.24) is 4.90 Å². The van der Waals surface area contributed by atoms with Crippen LogP contribution in [0.3, 0.4) is 0 Å². The van der Waals surface area contributed by atoms with E-state index in [-0.39, 0.29) is 5.82 Å². The van der Waals surface area contributed by atoms with Crippen molar-refractivity contribution >= 4 is 15.9 Å². The van der Waals surface area contributed by atoms with E-state index in [1.54, 1.807) is 6.07 Å². The minimum Gasteiger partial charge on any atom is -0.299 e. The van der Waals surface area contributed by atoms with Crippen LogP contribution in [0.15, 0.2) is 22.7 Å². The summed E-state index contributed by atoms with van der Waals surface area (Å²) < 4.78 is 13.9. The quantitative estimate of drug-likeness (QED) is 0.807. The first-order valence-corrected chi connectivity index (χ1v) is 6.36. The molecule has 0 heterocycles. The molecule has 0 spiro atoms. The summed E-state index contributed by atoms with van der Waals surface area (Å²) in [5.41, 5.74) is 0.995. The van der Waals surface area contributed by atoms with Crippen LogP contribution in [0.2, 0.25) is 0 Å². The number of rotatable bonds is 4. The predicted octanol–water partition coefficient (Wildman–Crippen LogP) is 4.06. The zero-order valence-corrected chi connectivity index (χ0v) is 11.9. The Labute approximate surface area is 106 Å². The Balaban J connectivity index is 2.77. The van der Waals surface area contributed by atoms with E-state index in [9.17, 15) is 4.39 Å². The number of nitrogens with zero attached hydrogens (tertiary/aromatic N) is 1. The van der Waals surface area contributed by atoms with Gasteiger partial charge >= 0.3 is 0 Å². The lowest BCUT2D eigenvalue weighted by Gasteiger charge is -2.28. The van der Waals surface area contributed by atoms with Crippen molar-refractivity contribution in [2.75, 3.05) is 7.05 Å². The van der Waals surface area contributed by atoms with Gasteiger partial charge < -0.3 is 0 Å². The maximum atomic E-state index is 13.3. The molecule has 1 atom stereocenters. The van der Waals surface area contributed by atoms with E-state index in [4.69, 9.17) is 0 Å². The van der Waals surface area contributed by atoms with Crippen LogP contribution in [-0.4, -0.2) is 18.0 Å². The molecule has 1 unspecified atom stereocenters. The summed E-state index contributed by atoms with van der Waals surface area (Å²) in [6.45, 7) is 7.35. The topological polar surface area (TPSA) is 3.24 Å². The van der Waals surface area contributed by atoms with Crippen LogP contribution >= 0.6 is 15.9 Å². The molecule has 0 saturated heterocycles. The van der Waals surface area contributed by atoms with Gasteiger partial charge in [0, 0.05) is 12.6 Å². The molecule has 0 saturated carbocycles. The first kappa shape index (κ1) is 13.7. The van der Waals surface area contributed by atoms with Crippen molar-refractivity contribution in [2.45, 2.75) is 33.4 Å². The minimum atomic E-state index is -0.192. The Kier molecular flexibility index (Phi) is 4.93. The first-order valence-electron chi connectivity index (χ1n) is 5.56. The van der Waals surface area contributed by atoms with Crippen LogP contribution < -0.4 is 0 Å². The Hall–Kier alpha value is -0.410. The van der Waals surface area contributed by atoms with Crippen LogP contribution in [0.1, 0.15) is 26.3 Å². The van der Waals surface area contributed by atoms with Crippen molar-refractivity contribution < 1.29 is 4.39 Å². The van der Waals surface area contributed by atoms with Gasteiger partial charge in [0.2, 0.25) is 0 Å². The molecule has 90 valence electrons. The summed E-state index contributed by atoms with van der Waals surface area (Å²) in [4.78, 5) is 2.24. The normalized spacial score (nSPS) is 13.5. The van der Waals surface area contributed by atoms with Crippen LogP contribution in [0.4, 0.5) is 4.39 Å². The lowest BCUT2D eigenvalue weighted by Crippen LogP contribution is -2.32. The van der Waals surface area contributed by atoms with E-state index in [0.717, 1.165) is 12.1 Å². The van der Waals surface area contributed by atoms with Gasteiger partial charge in [0.1, 0.15) is 5.82 Å². The third-order valence-electron chi connectivity index (χ3n) is 3.11. The minimum absolute atomic E-state index is 0.192. The highest BCUT2D eigenvalue weighted by Crippen LogP contribution is 2.22. The van der Waals surface area contributed by atoms with E-state index in [2.05, 4.69) is 48.6 Å². The Bertz CT molecular complexity index is 352. The number of hydrogen-bond donors (Lipinski definition) is 0. The predicted molar refractivity (Wildman–Crippen MR) is 69.9 cm³/mol. The SMILES string of the molecule is CC(C)C(C)N(C)Cc1cccc(F)c1Br. The molecule has 0 aliphatic heterocycles. The van der Waals surface area contributed by atoms with E-state index in [1.807, 2.05) is 6.07 Å². The molecule has 0 aliphatic rings. The van der Waals surface area contributed by atoms with Crippen molar-refractivity contribution in [3.05, 3.63) is 34.1 Å². The molecule has 16 heavy (non-hydrogen) atoms. The molecule has 0 amide bonds. The summed E-state index contributed by atoms with van der Waals surface area (Å²) in [7, 11) is 2.07. The lowest BCUT2D eigenvalue weighted by molar-refractivity contribution is 0.200. The molecule has 1 aromatic rings. The number of hydrogen-bond acceptors (Lipinski definition) is 1. The average Bonchev–Trinajstić information content (AvgIpc) is 2.23. The zero-order valence-electron chi connectivity index (χ0n) is 10.3. The Morgan fingerprint density at radius 2 is 1.94 bits per heavy atom. The molecule has 0 aromatic heterocycles. The first-order chi connectivity index (χ1) is 7.43. The summed E-state index contributed by atoms with van der Waals surface area (Å²) in [5.74, 6) is 0.403. The maximum absolute atomic E-state index is 13.3. The molecule has 0 radical (unpaired) electrons. The maximum Gasteiger partial charge on any atom is 0.137 e. The smallest absolute Gasteiger partial charge is 0.137 e. The van der Waals surface area contributed by atoms with Crippen molar-refractivity contribution in [2.24, 2.45) is 5.92 Å². The molecule has 1 rings (SSSR count). The molecule has 0 fully saturated rings. The molecule has 0 bridgehead atoms. The van der Waals surface area contributed by atoms with Crippen molar-refractivity contribution in [3.63, 3.8) is 0 Å². The summed E-state index contributed by atoms with van der Waals surface area (Å²) in [5, 5.41) is 0. The largest absolute Gasteiger partial charge is 0.299 e.